The monoisotopic (exact) mass is 370 g/mol. The lowest BCUT2D eigenvalue weighted by atomic mass is 10.1. The quantitative estimate of drug-likeness (QED) is 0.842. The average molecular weight is 370 g/mol. The van der Waals surface area contributed by atoms with Gasteiger partial charge in [0, 0.05) is 9.99 Å². The molecule has 0 aliphatic rings. The van der Waals surface area contributed by atoms with Crippen LogP contribution < -0.4 is 5.32 Å². The molecule has 4 nitrogen and oxygen atoms in total. The number of nitrogens with one attached hydrogen (secondary N) is 1. The van der Waals surface area contributed by atoms with Crippen molar-refractivity contribution in [1.29, 1.82) is 0 Å². The summed E-state index contributed by atoms with van der Waals surface area (Å²) in [6, 6.07) is 5.68. The number of carbonyl (C=O) groups excluding carboxylic acids is 1. The largest absolute Gasteiger partial charge is 0.444 e. The Hall–Kier alpha value is -1.37. The van der Waals surface area contributed by atoms with Crippen LogP contribution in [0, 0.1) is 10.5 Å². The Morgan fingerprint density at radius 1 is 1.47 bits per heavy atom. The number of aromatic nitrogens is 1. The van der Waals surface area contributed by atoms with Gasteiger partial charge in [-0.1, -0.05) is 19.1 Å². The Labute approximate surface area is 125 Å². The second kappa shape index (κ2) is 6.18. The molecule has 1 amide bonds. The lowest BCUT2D eigenvalue weighted by Crippen LogP contribution is -2.24. The van der Waals surface area contributed by atoms with Gasteiger partial charge in [-0.25, -0.2) is 4.98 Å². The Morgan fingerprint density at radius 2 is 2.26 bits per heavy atom. The predicted molar refractivity (Wildman–Crippen MR) is 80.9 cm³/mol. The third-order valence-electron chi connectivity index (χ3n) is 2.79. The molecule has 1 N–H and O–H groups in total. The zero-order valence-electron chi connectivity index (χ0n) is 10.9. The number of hydrogen-bond donors (Lipinski definition) is 1. The zero-order valence-corrected chi connectivity index (χ0v) is 13.0. The molecule has 0 saturated heterocycles. The number of hydrogen-bond acceptors (Lipinski definition) is 3. The third-order valence-corrected chi connectivity index (χ3v) is 4.22. The number of carbonyl (C=O) groups is 1. The maximum atomic E-state index is 12.1. The van der Waals surface area contributed by atoms with Gasteiger partial charge in [0.1, 0.15) is 5.76 Å². The maximum Gasteiger partial charge on any atom is 0.252 e. The van der Waals surface area contributed by atoms with E-state index in [4.69, 9.17) is 4.42 Å². The molecule has 0 radical (unpaired) electrons. The second-order valence-electron chi connectivity index (χ2n) is 4.19. The van der Waals surface area contributed by atoms with Crippen molar-refractivity contribution in [1.82, 2.24) is 10.3 Å². The Morgan fingerprint density at radius 3 is 2.95 bits per heavy atom. The Balaban J connectivity index is 2.03. The zero-order chi connectivity index (χ0) is 13.8. The maximum absolute atomic E-state index is 12.1. The van der Waals surface area contributed by atoms with Gasteiger partial charge in [-0.2, -0.15) is 0 Å². The summed E-state index contributed by atoms with van der Waals surface area (Å²) in [6.07, 6.45) is 2.49. The second-order valence-corrected chi connectivity index (χ2v) is 5.27. The van der Waals surface area contributed by atoms with Gasteiger partial charge in [0.2, 0.25) is 5.89 Å². The fourth-order valence-electron chi connectivity index (χ4n) is 1.67. The first-order valence-electron chi connectivity index (χ1n) is 6.08. The van der Waals surface area contributed by atoms with Gasteiger partial charge in [-0.05, 0) is 41.1 Å². The first kappa shape index (κ1) is 14.0. The van der Waals surface area contributed by atoms with Crippen LogP contribution in [0.3, 0.4) is 0 Å². The van der Waals surface area contributed by atoms with Crippen molar-refractivity contribution in [3.8, 4) is 0 Å². The summed E-state index contributed by atoms with van der Waals surface area (Å²) in [4.78, 5) is 16.2. The SMILES string of the molecule is CCc1cnc(CNC(=O)c2cccc(C)c2I)o1. The minimum atomic E-state index is -0.107. The molecule has 1 aromatic carbocycles. The topological polar surface area (TPSA) is 55.1 Å². The Kier molecular flexibility index (Phi) is 4.57. The van der Waals surface area contributed by atoms with E-state index < -0.39 is 0 Å². The van der Waals surface area contributed by atoms with Crippen molar-refractivity contribution in [2.45, 2.75) is 26.8 Å². The van der Waals surface area contributed by atoms with Gasteiger partial charge >= 0.3 is 0 Å². The van der Waals surface area contributed by atoms with Crippen molar-refractivity contribution < 1.29 is 9.21 Å². The highest BCUT2D eigenvalue weighted by Crippen LogP contribution is 2.16. The minimum Gasteiger partial charge on any atom is -0.444 e. The molecule has 0 unspecified atom stereocenters. The highest BCUT2D eigenvalue weighted by molar-refractivity contribution is 14.1. The molecular formula is C14H15IN2O2. The van der Waals surface area contributed by atoms with E-state index in [0.717, 1.165) is 21.3 Å². The van der Waals surface area contributed by atoms with Crippen LogP contribution in [0.25, 0.3) is 0 Å². The van der Waals surface area contributed by atoms with Gasteiger partial charge < -0.3 is 9.73 Å². The van der Waals surface area contributed by atoms with Crippen LogP contribution in [0.15, 0.2) is 28.8 Å². The van der Waals surface area contributed by atoms with Crippen molar-refractivity contribution >= 4 is 28.5 Å². The summed E-state index contributed by atoms with van der Waals surface area (Å²) < 4.78 is 6.42. The smallest absolute Gasteiger partial charge is 0.252 e. The predicted octanol–water partition coefficient (Wildman–Crippen LogP) is 3.08. The molecule has 0 spiro atoms. The molecule has 0 saturated carbocycles. The van der Waals surface area contributed by atoms with Crippen LogP contribution in [-0.4, -0.2) is 10.9 Å². The molecular weight excluding hydrogens is 355 g/mol. The molecule has 1 heterocycles. The van der Waals surface area contributed by atoms with Crippen molar-refractivity contribution in [2.75, 3.05) is 0 Å². The lowest BCUT2D eigenvalue weighted by molar-refractivity contribution is 0.0946. The third kappa shape index (κ3) is 3.34. The first-order chi connectivity index (χ1) is 9.11. The van der Waals surface area contributed by atoms with E-state index in [1.54, 1.807) is 6.20 Å². The van der Waals surface area contributed by atoms with Crippen LogP contribution >= 0.6 is 22.6 Å². The van der Waals surface area contributed by atoms with Crippen molar-refractivity contribution in [2.24, 2.45) is 0 Å². The fraction of sp³-hybridized carbons (Fsp3) is 0.286. The number of benzene rings is 1. The summed E-state index contributed by atoms with van der Waals surface area (Å²) in [6.45, 7) is 4.29. The molecule has 0 aliphatic carbocycles. The van der Waals surface area contributed by atoms with Crippen molar-refractivity contribution in [3.63, 3.8) is 0 Å². The van der Waals surface area contributed by atoms with Gasteiger partial charge in [0.25, 0.3) is 5.91 Å². The molecule has 100 valence electrons. The standard InChI is InChI=1S/C14H15IN2O2/c1-3-10-7-16-12(19-10)8-17-14(18)11-6-4-5-9(2)13(11)15/h4-7H,3,8H2,1-2H3,(H,17,18). The molecule has 19 heavy (non-hydrogen) atoms. The molecule has 2 aromatic rings. The van der Waals surface area contributed by atoms with Crippen LogP contribution in [0.1, 0.15) is 34.5 Å². The highest BCUT2D eigenvalue weighted by atomic mass is 127. The van der Waals surface area contributed by atoms with Gasteiger partial charge in [0.15, 0.2) is 0 Å². The summed E-state index contributed by atoms with van der Waals surface area (Å²) >= 11 is 2.18. The molecule has 5 heteroatoms. The van der Waals surface area contributed by atoms with E-state index in [1.165, 1.54) is 0 Å². The van der Waals surface area contributed by atoms with E-state index in [1.807, 2.05) is 32.0 Å². The number of aryl methyl sites for hydroxylation is 2. The van der Waals surface area contributed by atoms with Crippen LogP contribution in [0.5, 0.6) is 0 Å². The van der Waals surface area contributed by atoms with Crippen LogP contribution in [0.4, 0.5) is 0 Å². The fourth-order valence-corrected chi connectivity index (χ4v) is 2.27. The van der Waals surface area contributed by atoms with Gasteiger partial charge in [-0.3, -0.25) is 4.79 Å². The number of halogens is 1. The van der Waals surface area contributed by atoms with Gasteiger partial charge in [-0.15, -0.1) is 0 Å². The number of rotatable bonds is 4. The molecule has 0 bridgehead atoms. The molecule has 2 rings (SSSR count). The van der Waals surface area contributed by atoms with E-state index >= 15 is 0 Å². The summed E-state index contributed by atoms with van der Waals surface area (Å²) in [5.41, 5.74) is 1.78. The van der Waals surface area contributed by atoms with E-state index in [-0.39, 0.29) is 5.91 Å². The van der Waals surface area contributed by atoms with E-state index in [9.17, 15) is 4.79 Å². The van der Waals surface area contributed by atoms with Crippen LogP contribution in [0.2, 0.25) is 0 Å². The van der Waals surface area contributed by atoms with E-state index in [2.05, 4.69) is 32.9 Å². The summed E-state index contributed by atoms with van der Waals surface area (Å²) in [5, 5.41) is 2.82. The van der Waals surface area contributed by atoms with Crippen LogP contribution in [-0.2, 0) is 13.0 Å². The van der Waals surface area contributed by atoms with Gasteiger partial charge in [0.05, 0.1) is 18.3 Å². The molecule has 1 aromatic heterocycles. The first-order valence-corrected chi connectivity index (χ1v) is 7.16. The molecule has 0 aliphatic heterocycles. The minimum absolute atomic E-state index is 0.107. The number of oxazole rings is 1. The van der Waals surface area contributed by atoms with Crippen molar-refractivity contribution in [3.05, 3.63) is 50.7 Å². The Bertz CT molecular complexity index is 593. The normalized spacial score (nSPS) is 10.5. The number of amides is 1. The molecule has 0 fully saturated rings. The van der Waals surface area contributed by atoms with E-state index in [0.29, 0.717) is 18.0 Å². The lowest BCUT2D eigenvalue weighted by Gasteiger charge is -2.07. The summed E-state index contributed by atoms with van der Waals surface area (Å²) in [7, 11) is 0. The number of nitrogens with zero attached hydrogens (tertiary/aromatic N) is 1. The summed E-state index contributed by atoms with van der Waals surface area (Å²) in [5.74, 6) is 1.26. The highest BCUT2D eigenvalue weighted by Gasteiger charge is 2.12. The molecule has 0 atom stereocenters. The average Bonchev–Trinajstić information content (AvgIpc) is 2.87.